The van der Waals surface area contributed by atoms with Gasteiger partial charge in [0.2, 0.25) is 0 Å². The fraction of sp³-hybridized carbons (Fsp3) is 0.818. The van der Waals surface area contributed by atoms with Gasteiger partial charge in [-0.2, -0.15) is 0 Å². The topological polar surface area (TPSA) is 69.6 Å². The summed E-state index contributed by atoms with van der Waals surface area (Å²) in [6.07, 6.45) is 3.45. The van der Waals surface area contributed by atoms with Crippen molar-refractivity contribution in [1.82, 2.24) is 10.2 Å². The van der Waals surface area contributed by atoms with Crippen molar-refractivity contribution in [3.05, 3.63) is 0 Å². The van der Waals surface area contributed by atoms with E-state index in [1.54, 1.807) is 4.90 Å². The number of nitrogens with zero attached hydrogens (tertiary/aromatic N) is 1. The minimum absolute atomic E-state index is 0.126. The second-order valence-electron chi connectivity index (χ2n) is 4.21. The van der Waals surface area contributed by atoms with Crippen molar-refractivity contribution in [2.45, 2.75) is 32.6 Å². The summed E-state index contributed by atoms with van der Waals surface area (Å²) in [5, 5.41) is 11.7. The SMILES string of the molecule is CCCCNC(=O)N1CCCC(C(=O)O)C1. The average Bonchev–Trinajstić information content (AvgIpc) is 2.29. The molecule has 0 spiro atoms. The van der Waals surface area contributed by atoms with Gasteiger partial charge < -0.3 is 15.3 Å². The Bertz CT molecular complexity index is 256. The van der Waals surface area contributed by atoms with Crippen LogP contribution in [0.2, 0.25) is 0 Å². The highest BCUT2D eigenvalue weighted by Gasteiger charge is 2.27. The molecular formula is C11H20N2O3. The number of urea groups is 1. The first-order chi connectivity index (χ1) is 7.65. The number of aliphatic carboxylic acids is 1. The van der Waals surface area contributed by atoms with E-state index in [1.807, 2.05) is 0 Å². The van der Waals surface area contributed by atoms with Crippen LogP contribution >= 0.6 is 0 Å². The highest BCUT2D eigenvalue weighted by molar-refractivity contribution is 5.76. The van der Waals surface area contributed by atoms with E-state index in [1.165, 1.54) is 0 Å². The normalized spacial score (nSPS) is 20.6. The Labute approximate surface area is 95.8 Å². The van der Waals surface area contributed by atoms with Gasteiger partial charge in [-0.25, -0.2) is 4.79 Å². The predicted octanol–water partition coefficient (Wildman–Crippen LogP) is 1.29. The Balaban J connectivity index is 2.35. The summed E-state index contributed by atoms with van der Waals surface area (Å²) >= 11 is 0. The molecule has 1 rings (SSSR count). The van der Waals surface area contributed by atoms with E-state index in [0.717, 1.165) is 19.3 Å². The summed E-state index contributed by atoms with van der Waals surface area (Å²) in [4.78, 5) is 24.1. The molecule has 1 atom stereocenters. The minimum atomic E-state index is -0.800. The first-order valence-electron chi connectivity index (χ1n) is 5.90. The molecule has 1 saturated heterocycles. The number of carboxylic acid groups (broad SMARTS) is 1. The number of carbonyl (C=O) groups is 2. The number of nitrogens with one attached hydrogen (secondary N) is 1. The molecular weight excluding hydrogens is 208 g/mol. The van der Waals surface area contributed by atoms with E-state index >= 15 is 0 Å². The number of piperidine rings is 1. The predicted molar refractivity (Wildman–Crippen MR) is 60.2 cm³/mol. The molecule has 1 unspecified atom stereocenters. The second-order valence-corrected chi connectivity index (χ2v) is 4.21. The lowest BCUT2D eigenvalue weighted by atomic mass is 9.99. The third kappa shape index (κ3) is 3.72. The van der Waals surface area contributed by atoms with Crippen LogP contribution in [-0.2, 0) is 4.79 Å². The van der Waals surface area contributed by atoms with Gasteiger partial charge in [-0.05, 0) is 19.3 Å². The van der Waals surface area contributed by atoms with Gasteiger partial charge >= 0.3 is 12.0 Å². The maximum Gasteiger partial charge on any atom is 0.317 e. The number of hydrogen-bond acceptors (Lipinski definition) is 2. The van der Waals surface area contributed by atoms with Crippen molar-refractivity contribution in [1.29, 1.82) is 0 Å². The molecule has 92 valence electrons. The van der Waals surface area contributed by atoms with Crippen LogP contribution in [0.3, 0.4) is 0 Å². The number of rotatable bonds is 4. The smallest absolute Gasteiger partial charge is 0.317 e. The van der Waals surface area contributed by atoms with Crippen molar-refractivity contribution in [2.24, 2.45) is 5.92 Å². The molecule has 1 heterocycles. The Morgan fingerprint density at radius 1 is 1.50 bits per heavy atom. The number of likely N-dealkylation sites (tertiary alicyclic amines) is 1. The van der Waals surface area contributed by atoms with Crippen LogP contribution < -0.4 is 5.32 Å². The van der Waals surface area contributed by atoms with E-state index in [-0.39, 0.29) is 6.03 Å². The van der Waals surface area contributed by atoms with Crippen LogP contribution in [0.25, 0.3) is 0 Å². The van der Waals surface area contributed by atoms with Gasteiger partial charge in [0, 0.05) is 19.6 Å². The van der Waals surface area contributed by atoms with Crippen LogP contribution in [-0.4, -0.2) is 41.6 Å². The van der Waals surface area contributed by atoms with Crippen molar-refractivity contribution in [3.63, 3.8) is 0 Å². The third-order valence-electron chi connectivity index (χ3n) is 2.86. The summed E-state index contributed by atoms with van der Waals surface area (Å²) in [5.74, 6) is -1.20. The quantitative estimate of drug-likeness (QED) is 0.712. The van der Waals surface area contributed by atoms with Crippen molar-refractivity contribution >= 4 is 12.0 Å². The van der Waals surface area contributed by atoms with Gasteiger partial charge in [0.25, 0.3) is 0 Å². The summed E-state index contributed by atoms with van der Waals surface area (Å²) in [5.41, 5.74) is 0. The number of carbonyl (C=O) groups excluding carboxylic acids is 1. The Morgan fingerprint density at radius 2 is 2.25 bits per heavy atom. The molecule has 0 radical (unpaired) electrons. The van der Waals surface area contributed by atoms with Gasteiger partial charge in [-0.3, -0.25) is 4.79 Å². The fourth-order valence-corrected chi connectivity index (χ4v) is 1.85. The first kappa shape index (κ1) is 12.8. The number of amides is 2. The monoisotopic (exact) mass is 228 g/mol. The zero-order valence-electron chi connectivity index (χ0n) is 9.74. The van der Waals surface area contributed by atoms with Crippen LogP contribution in [0.1, 0.15) is 32.6 Å². The largest absolute Gasteiger partial charge is 0.481 e. The Hall–Kier alpha value is -1.26. The molecule has 1 aliphatic rings. The lowest BCUT2D eigenvalue weighted by Crippen LogP contribution is -2.47. The van der Waals surface area contributed by atoms with Crippen LogP contribution in [0.15, 0.2) is 0 Å². The van der Waals surface area contributed by atoms with Crippen molar-refractivity contribution < 1.29 is 14.7 Å². The third-order valence-corrected chi connectivity index (χ3v) is 2.86. The second kappa shape index (κ2) is 6.35. The van der Waals surface area contributed by atoms with Crippen LogP contribution in [0.4, 0.5) is 4.79 Å². The zero-order chi connectivity index (χ0) is 12.0. The highest BCUT2D eigenvalue weighted by Crippen LogP contribution is 2.16. The Morgan fingerprint density at radius 3 is 2.88 bits per heavy atom. The molecule has 1 fully saturated rings. The molecule has 16 heavy (non-hydrogen) atoms. The van der Waals surface area contributed by atoms with Crippen LogP contribution in [0, 0.1) is 5.92 Å². The summed E-state index contributed by atoms with van der Waals surface area (Å²) in [7, 11) is 0. The molecule has 0 aromatic rings. The van der Waals surface area contributed by atoms with Gasteiger partial charge in [0.15, 0.2) is 0 Å². The number of carboxylic acids is 1. The summed E-state index contributed by atoms with van der Waals surface area (Å²) < 4.78 is 0. The standard InChI is InChI=1S/C11H20N2O3/c1-2-3-6-12-11(16)13-7-4-5-9(8-13)10(14)15/h9H,2-8H2,1H3,(H,12,16)(H,14,15). The summed E-state index contributed by atoms with van der Waals surface area (Å²) in [6, 6.07) is -0.126. The number of hydrogen-bond donors (Lipinski definition) is 2. The molecule has 0 aromatic carbocycles. The van der Waals surface area contributed by atoms with E-state index in [9.17, 15) is 9.59 Å². The molecule has 0 bridgehead atoms. The number of unbranched alkanes of at least 4 members (excludes halogenated alkanes) is 1. The van der Waals surface area contributed by atoms with E-state index in [4.69, 9.17) is 5.11 Å². The average molecular weight is 228 g/mol. The lowest BCUT2D eigenvalue weighted by molar-refractivity contribution is -0.143. The van der Waals surface area contributed by atoms with Gasteiger partial charge in [0.05, 0.1) is 5.92 Å². The molecule has 5 heteroatoms. The zero-order valence-corrected chi connectivity index (χ0v) is 9.74. The maximum atomic E-state index is 11.7. The maximum absolute atomic E-state index is 11.7. The van der Waals surface area contributed by atoms with E-state index < -0.39 is 11.9 Å². The van der Waals surface area contributed by atoms with Gasteiger partial charge in [0.1, 0.15) is 0 Å². The Kier molecular flexibility index (Phi) is 5.08. The summed E-state index contributed by atoms with van der Waals surface area (Å²) in [6.45, 7) is 3.74. The highest BCUT2D eigenvalue weighted by atomic mass is 16.4. The fourth-order valence-electron chi connectivity index (χ4n) is 1.85. The molecule has 2 N–H and O–H groups in total. The minimum Gasteiger partial charge on any atom is -0.481 e. The first-order valence-corrected chi connectivity index (χ1v) is 5.90. The molecule has 1 aliphatic heterocycles. The van der Waals surface area contributed by atoms with E-state index in [0.29, 0.717) is 26.1 Å². The van der Waals surface area contributed by atoms with Gasteiger partial charge in [-0.1, -0.05) is 13.3 Å². The van der Waals surface area contributed by atoms with Crippen molar-refractivity contribution in [2.75, 3.05) is 19.6 Å². The molecule has 5 nitrogen and oxygen atoms in total. The van der Waals surface area contributed by atoms with E-state index in [2.05, 4.69) is 12.2 Å². The van der Waals surface area contributed by atoms with Gasteiger partial charge in [-0.15, -0.1) is 0 Å². The van der Waals surface area contributed by atoms with Crippen molar-refractivity contribution in [3.8, 4) is 0 Å². The molecule has 0 saturated carbocycles. The van der Waals surface area contributed by atoms with Crippen LogP contribution in [0.5, 0.6) is 0 Å². The molecule has 0 aliphatic carbocycles. The molecule has 2 amide bonds. The molecule has 0 aromatic heterocycles. The lowest BCUT2D eigenvalue weighted by Gasteiger charge is -2.30.